The van der Waals surface area contributed by atoms with E-state index in [1.807, 2.05) is 0 Å². The molecule has 0 radical (unpaired) electrons. The summed E-state index contributed by atoms with van der Waals surface area (Å²) in [5.41, 5.74) is 2.29. The summed E-state index contributed by atoms with van der Waals surface area (Å²) in [6.07, 6.45) is 0. The smallest absolute Gasteiger partial charge is 0.0928 e. The quantitative estimate of drug-likeness (QED) is 0.387. The Balaban J connectivity index is 4.38. The van der Waals surface area contributed by atoms with E-state index in [0.29, 0.717) is 0 Å². The molecule has 0 aromatic carbocycles. The Morgan fingerprint density at radius 1 is 1.33 bits per heavy atom. The monoisotopic (exact) mass is 131 g/mol. The third kappa shape index (κ3) is 1.39. The summed E-state index contributed by atoms with van der Waals surface area (Å²) in [6.45, 7) is 0.789. The van der Waals surface area contributed by atoms with Crippen LogP contribution in [-0.2, 0) is 9.59 Å². The van der Waals surface area contributed by atoms with Crippen molar-refractivity contribution in [1.82, 2.24) is 0 Å². The molecule has 2 N–H and O–H groups in total. The zero-order valence-corrected chi connectivity index (χ0v) is 4.71. The van der Waals surface area contributed by atoms with E-state index in [9.17, 15) is 19.8 Å². The van der Waals surface area contributed by atoms with Gasteiger partial charge in [0.15, 0.2) is 0 Å². The van der Waals surface area contributed by atoms with Gasteiger partial charge in [-0.3, -0.25) is 0 Å². The maximum absolute atomic E-state index is 9.81. The van der Waals surface area contributed by atoms with E-state index in [1.165, 1.54) is 0 Å². The topological polar surface area (TPSA) is 106 Å². The Bertz CT molecular complexity index is 135. The molecule has 5 nitrogen and oxygen atoms in total. The second-order valence-electron chi connectivity index (χ2n) is 1.78. The zero-order chi connectivity index (χ0) is 7.65. The molecule has 0 amide bonds. The van der Waals surface area contributed by atoms with Crippen LogP contribution in [0.25, 0.3) is 0 Å². The van der Waals surface area contributed by atoms with Crippen LogP contribution in [0.2, 0.25) is 0 Å². The van der Waals surface area contributed by atoms with Crippen molar-refractivity contribution in [3.63, 3.8) is 0 Å². The Labute approximate surface area is 51.1 Å². The minimum absolute atomic E-state index is 0.789. The highest BCUT2D eigenvalue weighted by Gasteiger charge is 2.20. The molecular weight excluding hydrogens is 126 g/mol. The molecule has 0 spiro atoms. The fourth-order valence-electron chi connectivity index (χ4n) is 0.0833. The molecule has 0 aromatic rings. The van der Waals surface area contributed by atoms with Crippen LogP contribution in [0, 0.1) is 0 Å². The lowest BCUT2D eigenvalue weighted by atomic mass is 10.1. The van der Waals surface area contributed by atoms with E-state index in [-0.39, 0.29) is 0 Å². The molecule has 5 heteroatoms. The summed E-state index contributed by atoms with van der Waals surface area (Å²) < 4.78 is 0. The standard InChI is InChI=1S/C4H7NO4/c1-4(5,2(6)7)3(8)9/h5H2,1H3,(H,6,7)(H,8,9)/p-2. The summed E-state index contributed by atoms with van der Waals surface area (Å²) in [5.74, 6) is -3.72. The molecule has 0 saturated carbocycles. The maximum atomic E-state index is 9.81. The molecule has 0 rings (SSSR count). The SMILES string of the molecule is CC(N)(C(=O)[O-])C(=O)[O-]. The van der Waals surface area contributed by atoms with Gasteiger partial charge in [-0.2, -0.15) is 0 Å². The normalized spacial score (nSPS) is 10.9. The molecule has 52 valence electrons. The summed E-state index contributed by atoms with van der Waals surface area (Å²) in [5, 5.41) is 19.6. The molecule has 0 heterocycles. The molecular formula is C4H5NO4-2. The van der Waals surface area contributed by atoms with Gasteiger partial charge in [0.1, 0.15) is 0 Å². The molecule has 0 bridgehead atoms. The number of hydrogen-bond donors (Lipinski definition) is 1. The molecule has 0 aliphatic heterocycles. The van der Waals surface area contributed by atoms with E-state index < -0.39 is 17.5 Å². The van der Waals surface area contributed by atoms with E-state index in [0.717, 1.165) is 6.92 Å². The van der Waals surface area contributed by atoms with Crippen molar-refractivity contribution in [3.8, 4) is 0 Å². The van der Waals surface area contributed by atoms with E-state index >= 15 is 0 Å². The van der Waals surface area contributed by atoms with Crippen LogP contribution >= 0.6 is 0 Å². The Kier molecular flexibility index (Phi) is 1.77. The summed E-state index contributed by atoms with van der Waals surface area (Å²) >= 11 is 0. The number of carboxylic acids is 2. The molecule has 0 atom stereocenters. The van der Waals surface area contributed by atoms with Crippen LogP contribution in [0.3, 0.4) is 0 Å². The van der Waals surface area contributed by atoms with Gasteiger partial charge in [0.05, 0.1) is 17.5 Å². The molecule has 9 heavy (non-hydrogen) atoms. The van der Waals surface area contributed by atoms with E-state index in [4.69, 9.17) is 0 Å². The molecule has 0 aliphatic rings. The van der Waals surface area contributed by atoms with Gasteiger partial charge < -0.3 is 25.5 Å². The minimum atomic E-state index is -2.39. The Morgan fingerprint density at radius 2 is 1.56 bits per heavy atom. The van der Waals surface area contributed by atoms with Crippen LogP contribution in [-0.4, -0.2) is 17.5 Å². The lowest BCUT2D eigenvalue weighted by molar-refractivity contribution is -0.332. The Hall–Kier alpha value is -1.10. The Morgan fingerprint density at radius 3 is 1.56 bits per heavy atom. The van der Waals surface area contributed by atoms with E-state index in [2.05, 4.69) is 5.73 Å². The van der Waals surface area contributed by atoms with Crippen LogP contribution < -0.4 is 15.9 Å². The minimum Gasteiger partial charge on any atom is -0.548 e. The predicted molar refractivity (Wildman–Crippen MR) is 22.6 cm³/mol. The van der Waals surface area contributed by atoms with Crippen molar-refractivity contribution < 1.29 is 19.8 Å². The number of aliphatic carboxylic acids is 2. The molecule has 0 aliphatic carbocycles. The van der Waals surface area contributed by atoms with Gasteiger partial charge in [-0.1, -0.05) is 0 Å². The first-order chi connectivity index (χ1) is 3.89. The largest absolute Gasteiger partial charge is 0.548 e. The van der Waals surface area contributed by atoms with Crippen molar-refractivity contribution in [2.45, 2.75) is 12.5 Å². The lowest BCUT2D eigenvalue weighted by Gasteiger charge is -2.26. The van der Waals surface area contributed by atoms with Gasteiger partial charge in [-0.25, -0.2) is 0 Å². The van der Waals surface area contributed by atoms with Gasteiger partial charge in [0, 0.05) is 0 Å². The van der Waals surface area contributed by atoms with Crippen LogP contribution in [0.5, 0.6) is 0 Å². The highest BCUT2D eigenvalue weighted by Crippen LogP contribution is 1.92. The second kappa shape index (κ2) is 2.02. The van der Waals surface area contributed by atoms with E-state index in [1.54, 1.807) is 0 Å². The first-order valence-electron chi connectivity index (χ1n) is 2.11. The number of carbonyl (C=O) groups excluding carboxylic acids is 2. The van der Waals surface area contributed by atoms with Crippen LogP contribution in [0.1, 0.15) is 6.92 Å². The summed E-state index contributed by atoms with van der Waals surface area (Å²) in [7, 11) is 0. The van der Waals surface area contributed by atoms with Crippen molar-refractivity contribution >= 4 is 11.9 Å². The average Bonchev–Trinajstić information content (AvgIpc) is 1.65. The lowest BCUT2D eigenvalue weighted by Crippen LogP contribution is -2.63. The van der Waals surface area contributed by atoms with Crippen LogP contribution in [0.4, 0.5) is 0 Å². The predicted octanol–water partition coefficient (Wildman–Crippen LogP) is -3.80. The van der Waals surface area contributed by atoms with Crippen LogP contribution in [0.15, 0.2) is 0 Å². The molecule has 0 saturated heterocycles. The first kappa shape index (κ1) is 7.90. The zero-order valence-electron chi connectivity index (χ0n) is 4.71. The van der Waals surface area contributed by atoms with Crippen molar-refractivity contribution in [3.05, 3.63) is 0 Å². The highest BCUT2D eigenvalue weighted by molar-refractivity contribution is 6.00. The van der Waals surface area contributed by atoms with Crippen molar-refractivity contribution in [1.29, 1.82) is 0 Å². The molecule has 0 aromatic heterocycles. The summed E-state index contributed by atoms with van der Waals surface area (Å²) in [6, 6.07) is 0. The third-order valence-electron chi connectivity index (χ3n) is 0.848. The summed E-state index contributed by atoms with van der Waals surface area (Å²) in [4.78, 5) is 19.6. The van der Waals surface area contributed by atoms with Crippen molar-refractivity contribution in [2.75, 3.05) is 0 Å². The fourth-order valence-corrected chi connectivity index (χ4v) is 0.0833. The first-order valence-corrected chi connectivity index (χ1v) is 2.11. The number of hydrogen-bond acceptors (Lipinski definition) is 5. The van der Waals surface area contributed by atoms with Gasteiger partial charge in [0.2, 0.25) is 0 Å². The fraction of sp³-hybridized carbons (Fsp3) is 0.500. The highest BCUT2D eigenvalue weighted by atomic mass is 16.4. The number of carbonyl (C=O) groups is 2. The van der Waals surface area contributed by atoms with Gasteiger partial charge >= 0.3 is 0 Å². The van der Waals surface area contributed by atoms with Crippen molar-refractivity contribution in [2.24, 2.45) is 5.73 Å². The number of nitrogens with two attached hydrogens (primary N) is 1. The maximum Gasteiger partial charge on any atom is 0.0928 e. The average molecular weight is 131 g/mol. The van der Waals surface area contributed by atoms with Gasteiger partial charge in [-0.05, 0) is 6.92 Å². The van der Waals surface area contributed by atoms with Gasteiger partial charge in [-0.15, -0.1) is 0 Å². The molecule has 0 unspecified atom stereocenters. The van der Waals surface area contributed by atoms with Gasteiger partial charge in [0.25, 0.3) is 0 Å². The third-order valence-corrected chi connectivity index (χ3v) is 0.848. The number of carboxylic acid groups (broad SMARTS) is 2. The number of rotatable bonds is 2. The second-order valence-corrected chi connectivity index (χ2v) is 1.78. The molecule has 0 fully saturated rings.